The summed E-state index contributed by atoms with van der Waals surface area (Å²) in [5.41, 5.74) is 5.24. The van der Waals surface area contributed by atoms with Gasteiger partial charge in [-0.25, -0.2) is 4.99 Å². The number of nitrogens with zero attached hydrogens (tertiary/aromatic N) is 1. The van der Waals surface area contributed by atoms with E-state index in [0.29, 0.717) is 0 Å². The number of aromatic amines is 2. The molecule has 0 bridgehead atoms. The summed E-state index contributed by atoms with van der Waals surface area (Å²) in [6.45, 7) is 5.19. The molecule has 2 aromatic heterocycles. The van der Waals surface area contributed by atoms with Crippen LogP contribution in [0.1, 0.15) is 114 Å². The van der Waals surface area contributed by atoms with Gasteiger partial charge >= 0.3 is 0 Å². The summed E-state index contributed by atoms with van der Waals surface area (Å²) in [7, 11) is 0. The molecule has 0 atom stereocenters. The number of aryl methyl sites for hydroxylation is 1. The van der Waals surface area contributed by atoms with Crippen molar-refractivity contribution in [3.63, 3.8) is 0 Å². The highest BCUT2D eigenvalue weighted by molar-refractivity contribution is 6.11. The van der Waals surface area contributed by atoms with Crippen molar-refractivity contribution in [3.8, 4) is 0 Å². The zero-order chi connectivity index (χ0) is 23.8. The summed E-state index contributed by atoms with van der Waals surface area (Å²) in [6.07, 6.45) is 24.6. The Morgan fingerprint density at radius 2 is 1.53 bits per heavy atom. The smallest absolute Gasteiger partial charge is 0.147 e. The molecule has 0 saturated carbocycles. The molecule has 186 valence electrons. The minimum absolute atomic E-state index is 0.724. The highest BCUT2D eigenvalue weighted by Gasteiger charge is 2.18. The van der Waals surface area contributed by atoms with E-state index in [4.69, 9.17) is 9.73 Å². The van der Waals surface area contributed by atoms with Crippen molar-refractivity contribution in [2.75, 3.05) is 6.61 Å². The van der Waals surface area contributed by atoms with Crippen LogP contribution in [-0.2, 0) is 11.2 Å². The third-order valence-electron chi connectivity index (χ3n) is 6.50. The largest absolute Gasteiger partial charge is 0.491 e. The van der Waals surface area contributed by atoms with Gasteiger partial charge in [-0.2, -0.15) is 0 Å². The number of allylic oxidation sites excluding steroid dienone is 1. The van der Waals surface area contributed by atoms with E-state index in [1.807, 2.05) is 24.4 Å². The molecule has 2 aromatic rings. The summed E-state index contributed by atoms with van der Waals surface area (Å²) in [4.78, 5) is 11.7. The van der Waals surface area contributed by atoms with Gasteiger partial charge in [0, 0.05) is 23.7 Å². The minimum Gasteiger partial charge on any atom is -0.491 e. The Kier molecular flexibility index (Phi) is 11.8. The maximum absolute atomic E-state index is 6.06. The van der Waals surface area contributed by atoms with E-state index in [9.17, 15) is 0 Å². The Balaban J connectivity index is 1.42. The fourth-order valence-electron chi connectivity index (χ4n) is 4.40. The quantitative estimate of drug-likeness (QED) is 0.213. The van der Waals surface area contributed by atoms with E-state index in [-0.39, 0.29) is 0 Å². The van der Waals surface area contributed by atoms with E-state index < -0.39 is 0 Å². The lowest BCUT2D eigenvalue weighted by molar-refractivity contribution is 0.216. The second-order valence-corrected chi connectivity index (χ2v) is 9.55. The Labute approximate surface area is 207 Å². The minimum atomic E-state index is 0.724. The molecule has 0 unspecified atom stereocenters. The molecule has 0 radical (unpaired) electrons. The first-order chi connectivity index (χ1) is 16.8. The van der Waals surface area contributed by atoms with Crippen LogP contribution in [-0.4, -0.2) is 22.3 Å². The lowest BCUT2D eigenvalue weighted by Crippen LogP contribution is -1.96. The zero-order valence-electron chi connectivity index (χ0n) is 21.5. The van der Waals surface area contributed by atoms with Gasteiger partial charge in [0.1, 0.15) is 11.5 Å². The van der Waals surface area contributed by atoms with Gasteiger partial charge in [-0.15, -0.1) is 0 Å². The zero-order valence-corrected chi connectivity index (χ0v) is 21.5. The van der Waals surface area contributed by atoms with Crippen LogP contribution in [0.15, 0.2) is 53.0 Å². The van der Waals surface area contributed by atoms with Gasteiger partial charge in [0.15, 0.2) is 0 Å². The number of hydrogen-bond donors (Lipinski definition) is 2. The van der Waals surface area contributed by atoms with Gasteiger partial charge in [-0.1, -0.05) is 84.5 Å². The fraction of sp³-hybridized carbons (Fsp3) is 0.567. The van der Waals surface area contributed by atoms with Crippen molar-refractivity contribution >= 4 is 11.8 Å². The number of hydrogen-bond acceptors (Lipinski definition) is 2. The van der Waals surface area contributed by atoms with E-state index in [0.717, 1.165) is 54.4 Å². The molecule has 0 amide bonds. The van der Waals surface area contributed by atoms with Gasteiger partial charge in [0.2, 0.25) is 0 Å². The monoisotopic (exact) mass is 463 g/mol. The van der Waals surface area contributed by atoms with Crippen LogP contribution >= 0.6 is 0 Å². The summed E-state index contributed by atoms with van der Waals surface area (Å²) in [5, 5.41) is 0. The van der Waals surface area contributed by atoms with Crippen molar-refractivity contribution < 1.29 is 4.74 Å². The maximum atomic E-state index is 6.06. The molecular formula is C30H45N3O. The van der Waals surface area contributed by atoms with Crippen molar-refractivity contribution in [1.29, 1.82) is 0 Å². The Morgan fingerprint density at radius 1 is 0.824 bits per heavy atom. The Hall–Kier alpha value is -2.49. The van der Waals surface area contributed by atoms with Crippen molar-refractivity contribution in [3.05, 3.63) is 65.1 Å². The first kappa shape index (κ1) is 26.1. The van der Waals surface area contributed by atoms with Crippen LogP contribution < -0.4 is 0 Å². The SMILES string of the molecule is CCCCCCCCCCCCCc1ccc(C=C2N=C(c3ccc[nH]3)C=C2OCCCC)[nH]1. The first-order valence-electron chi connectivity index (χ1n) is 13.8. The normalized spacial score (nSPS) is 14.6. The van der Waals surface area contributed by atoms with Gasteiger partial charge in [-0.05, 0) is 49.6 Å². The summed E-state index contributed by atoms with van der Waals surface area (Å²) < 4.78 is 6.06. The highest BCUT2D eigenvalue weighted by atomic mass is 16.5. The number of ether oxygens (including phenoxy) is 1. The van der Waals surface area contributed by atoms with Crippen LogP contribution in [0.3, 0.4) is 0 Å². The first-order valence-corrected chi connectivity index (χ1v) is 13.8. The second-order valence-electron chi connectivity index (χ2n) is 9.55. The van der Waals surface area contributed by atoms with Gasteiger partial charge in [-0.3, -0.25) is 0 Å². The lowest BCUT2D eigenvalue weighted by Gasteiger charge is -2.06. The topological polar surface area (TPSA) is 53.2 Å². The number of unbranched alkanes of at least 4 members (excludes halogenated alkanes) is 11. The van der Waals surface area contributed by atoms with Crippen LogP contribution in [0.4, 0.5) is 0 Å². The summed E-state index contributed by atoms with van der Waals surface area (Å²) in [5.74, 6) is 0.861. The molecule has 4 heteroatoms. The van der Waals surface area contributed by atoms with E-state index in [1.165, 1.54) is 76.3 Å². The average molecular weight is 464 g/mol. The van der Waals surface area contributed by atoms with E-state index in [2.05, 4.69) is 42.0 Å². The van der Waals surface area contributed by atoms with Gasteiger partial charge < -0.3 is 14.7 Å². The Morgan fingerprint density at radius 3 is 2.21 bits per heavy atom. The third-order valence-corrected chi connectivity index (χ3v) is 6.50. The van der Waals surface area contributed by atoms with Crippen molar-refractivity contribution in [1.82, 2.24) is 9.97 Å². The number of rotatable bonds is 18. The molecule has 0 saturated heterocycles. The molecule has 2 N–H and O–H groups in total. The second kappa shape index (κ2) is 15.4. The molecule has 0 spiro atoms. The third kappa shape index (κ3) is 9.04. The molecule has 4 nitrogen and oxygen atoms in total. The number of H-pyrrole nitrogens is 2. The van der Waals surface area contributed by atoms with Crippen LogP contribution in [0, 0.1) is 0 Å². The highest BCUT2D eigenvalue weighted by Crippen LogP contribution is 2.25. The molecule has 0 fully saturated rings. The van der Waals surface area contributed by atoms with Gasteiger partial charge in [0.05, 0.1) is 18.0 Å². The predicted octanol–water partition coefficient (Wildman–Crippen LogP) is 8.74. The van der Waals surface area contributed by atoms with Crippen LogP contribution in [0.25, 0.3) is 6.08 Å². The molecule has 1 aliphatic rings. The molecule has 0 aromatic carbocycles. The van der Waals surface area contributed by atoms with Crippen molar-refractivity contribution in [2.45, 2.75) is 104 Å². The standard InChI is InChI=1S/C30H45N3O/c1-3-5-7-8-9-10-11-12-13-14-15-17-25-19-20-26(32-25)23-29-30(34-22-6-4-2)24-28(33-29)27-18-16-21-31-27/h16,18-21,23-24,31-32H,3-15,17,22H2,1-2H3. The number of aliphatic imine (C=N–C) groups is 1. The molecule has 3 rings (SSSR count). The molecule has 1 aliphatic heterocycles. The number of nitrogens with one attached hydrogen (secondary N) is 2. The van der Waals surface area contributed by atoms with Crippen LogP contribution in [0.2, 0.25) is 0 Å². The molecule has 0 aliphatic carbocycles. The summed E-state index contributed by atoms with van der Waals surface area (Å²) in [6, 6.07) is 8.42. The van der Waals surface area contributed by atoms with Gasteiger partial charge in [0.25, 0.3) is 0 Å². The van der Waals surface area contributed by atoms with E-state index >= 15 is 0 Å². The van der Waals surface area contributed by atoms with Crippen molar-refractivity contribution in [2.24, 2.45) is 4.99 Å². The number of aromatic nitrogens is 2. The van der Waals surface area contributed by atoms with E-state index in [1.54, 1.807) is 0 Å². The Bertz CT molecular complexity index is 901. The molecule has 34 heavy (non-hydrogen) atoms. The average Bonchev–Trinajstić information content (AvgIpc) is 3.60. The summed E-state index contributed by atoms with van der Waals surface area (Å²) >= 11 is 0. The van der Waals surface area contributed by atoms with Crippen LogP contribution in [0.5, 0.6) is 0 Å². The molecule has 3 heterocycles. The molecular weight excluding hydrogens is 418 g/mol. The lowest BCUT2D eigenvalue weighted by atomic mass is 10.0. The predicted molar refractivity (Wildman–Crippen MR) is 145 cm³/mol. The fourth-order valence-corrected chi connectivity index (χ4v) is 4.40. The maximum Gasteiger partial charge on any atom is 0.147 e.